The van der Waals surface area contributed by atoms with Gasteiger partial charge in [0.1, 0.15) is 5.82 Å². The normalized spacial score (nSPS) is 20.2. The van der Waals surface area contributed by atoms with Gasteiger partial charge in [0.2, 0.25) is 0 Å². The lowest BCUT2D eigenvalue weighted by Crippen LogP contribution is -2.38. The molecule has 1 aromatic carbocycles. The summed E-state index contributed by atoms with van der Waals surface area (Å²) in [7, 11) is 0. The summed E-state index contributed by atoms with van der Waals surface area (Å²) in [6.07, 6.45) is 4.32. The number of nitrogens with zero attached hydrogens (tertiary/aromatic N) is 1. The summed E-state index contributed by atoms with van der Waals surface area (Å²) < 4.78 is 13.7. The second-order valence-electron chi connectivity index (χ2n) is 5.37. The number of anilines is 1. The van der Waals surface area contributed by atoms with Crippen molar-refractivity contribution in [3.05, 3.63) is 29.1 Å². The molecule has 1 unspecified atom stereocenters. The van der Waals surface area contributed by atoms with Crippen LogP contribution in [-0.4, -0.2) is 23.4 Å². The lowest BCUT2D eigenvalue weighted by atomic mass is 10.1. The van der Waals surface area contributed by atoms with Gasteiger partial charge in [-0.1, -0.05) is 12.8 Å². The molecular weight excluding hydrogens is 243 g/mol. The number of amides is 1. The van der Waals surface area contributed by atoms with Crippen molar-refractivity contribution in [3.8, 4) is 0 Å². The van der Waals surface area contributed by atoms with Gasteiger partial charge < -0.3 is 10.6 Å². The van der Waals surface area contributed by atoms with Gasteiger partial charge in [0, 0.05) is 29.4 Å². The van der Waals surface area contributed by atoms with Crippen LogP contribution < -0.4 is 5.73 Å². The fraction of sp³-hybridized carbons (Fsp3) is 0.533. The van der Waals surface area contributed by atoms with Gasteiger partial charge in [-0.05, 0) is 38.8 Å². The Bertz CT molecular complexity index is 464. The molecule has 1 heterocycles. The predicted octanol–water partition coefficient (Wildman–Crippen LogP) is 3.12. The van der Waals surface area contributed by atoms with Gasteiger partial charge in [-0.3, -0.25) is 4.79 Å². The van der Waals surface area contributed by atoms with Crippen molar-refractivity contribution in [1.29, 1.82) is 0 Å². The molecule has 0 bridgehead atoms. The highest BCUT2D eigenvalue weighted by Gasteiger charge is 2.24. The van der Waals surface area contributed by atoms with Crippen LogP contribution in [0.2, 0.25) is 0 Å². The number of nitrogen functional groups attached to an aromatic ring is 1. The molecule has 19 heavy (non-hydrogen) atoms. The first-order chi connectivity index (χ1) is 9.00. The molecule has 1 atom stereocenters. The molecule has 104 valence electrons. The van der Waals surface area contributed by atoms with Gasteiger partial charge in [0.25, 0.3) is 5.91 Å². The maximum Gasteiger partial charge on any atom is 0.254 e. The van der Waals surface area contributed by atoms with Gasteiger partial charge in [0.15, 0.2) is 0 Å². The van der Waals surface area contributed by atoms with Crippen molar-refractivity contribution >= 4 is 11.6 Å². The number of hydrogen-bond acceptors (Lipinski definition) is 2. The van der Waals surface area contributed by atoms with Crippen molar-refractivity contribution in [2.24, 2.45) is 0 Å². The zero-order valence-electron chi connectivity index (χ0n) is 11.6. The van der Waals surface area contributed by atoms with Crippen LogP contribution in [0.3, 0.4) is 0 Å². The second kappa shape index (κ2) is 5.59. The van der Waals surface area contributed by atoms with E-state index in [4.69, 9.17) is 5.73 Å². The molecule has 1 fully saturated rings. The van der Waals surface area contributed by atoms with Crippen LogP contribution in [0.4, 0.5) is 10.1 Å². The monoisotopic (exact) mass is 264 g/mol. The molecule has 0 saturated carbocycles. The maximum absolute atomic E-state index is 13.7. The standard InChI is InChI=1S/C15H21FN2O/c1-10-6-4-3-5-7-18(10)15(19)12-8-13(16)11(2)14(17)9-12/h8-10H,3-7,17H2,1-2H3. The highest BCUT2D eigenvalue weighted by Crippen LogP contribution is 2.22. The van der Waals surface area contributed by atoms with E-state index in [0.29, 0.717) is 16.8 Å². The first kappa shape index (κ1) is 13.8. The van der Waals surface area contributed by atoms with Crippen LogP contribution >= 0.6 is 0 Å². The zero-order chi connectivity index (χ0) is 14.0. The minimum absolute atomic E-state index is 0.111. The quantitative estimate of drug-likeness (QED) is 0.792. The lowest BCUT2D eigenvalue weighted by molar-refractivity contribution is 0.0697. The molecule has 0 spiro atoms. The number of likely N-dealkylation sites (tertiary alicyclic amines) is 1. The van der Waals surface area contributed by atoms with Crippen LogP contribution in [0.5, 0.6) is 0 Å². The Hall–Kier alpha value is -1.58. The first-order valence-corrected chi connectivity index (χ1v) is 6.87. The van der Waals surface area contributed by atoms with Crippen molar-refractivity contribution < 1.29 is 9.18 Å². The number of hydrogen-bond donors (Lipinski definition) is 1. The van der Waals surface area contributed by atoms with E-state index in [2.05, 4.69) is 6.92 Å². The summed E-state index contributed by atoms with van der Waals surface area (Å²) in [6.45, 7) is 4.42. The molecular formula is C15H21FN2O. The molecule has 2 rings (SSSR count). The van der Waals surface area contributed by atoms with Crippen LogP contribution in [0.15, 0.2) is 12.1 Å². The number of rotatable bonds is 1. The first-order valence-electron chi connectivity index (χ1n) is 6.87. The minimum Gasteiger partial charge on any atom is -0.398 e. The molecule has 1 saturated heterocycles. The van der Waals surface area contributed by atoms with E-state index in [1.54, 1.807) is 13.0 Å². The average molecular weight is 264 g/mol. The molecule has 1 aromatic rings. The Balaban J connectivity index is 2.27. The number of nitrogens with two attached hydrogens (primary N) is 1. The van der Waals surface area contributed by atoms with Crippen LogP contribution in [0.25, 0.3) is 0 Å². The topological polar surface area (TPSA) is 46.3 Å². The summed E-state index contributed by atoms with van der Waals surface area (Å²) in [5, 5.41) is 0. The van der Waals surface area contributed by atoms with Crippen molar-refractivity contribution in [1.82, 2.24) is 4.90 Å². The molecule has 2 N–H and O–H groups in total. The summed E-state index contributed by atoms with van der Waals surface area (Å²) in [5.41, 5.74) is 6.84. The molecule has 0 radical (unpaired) electrons. The largest absolute Gasteiger partial charge is 0.398 e. The van der Waals surface area contributed by atoms with Crippen molar-refractivity contribution in [2.45, 2.75) is 45.6 Å². The Morgan fingerprint density at radius 1 is 1.37 bits per heavy atom. The maximum atomic E-state index is 13.7. The van der Waals surface area contributed by atoms with Gasteiger partial charge >= 0.3 is 0 Å². The highest BCUT2D eigenvalue weighted by atomic mass is 19.1. The van der Waals surface area contributed by atoms with E-state index in [0.717, 1.165) is 32.2 Å². The summed E-state index contributed by atoms with van der Waals surface area (Å²) in [5.74, 6) is -0.522. The van der Waals surface area contributed by atoms with Crippen LogP contribution in [0, 0.1) is 12.7 Å². The van der Waals surface area contributed by atoms with E-state index in [1.165, 1.54) is 6.07 Å². The fourth-order valence-electron chi connectivity index (χ4n) is 2.57. The number of benzene rings is 1. The van der Waals surface area contributed by atoms with Gasteiger partial charge in [-0.25, -0.2) is 4.39 Å². The van der Waals surface area contributed by atoms with Crippen molar-refractivity contribution in [2.75, 3.05) is 12.3 Å². The van der Waals surface area contributed by atoms with Gasteiger partial charge in [-0.15, -0.1) is 0 Å². The minimum atomic E-state index is -0.411. The molecule has 0 aromatic heterocycles. The van der Waals surface area contributed by atoms with E-state index < -0.39 is 5.82 Å². The highest BCUT2D eigenvalue weighted by molar-refractivity contribution is 5.95. The van der Waals surface area contributed by atoms with Crippen LogP contribution in [-0.2, 0) is 0 Å². The lowest BCUT2D eigenvalue weighted by Gasteiger charge is -2.27. The molecule has 0 aliphatic carbocycles. The van der Waals surface area contributed by atoms with Crippen molar-refractivity contribution in [3.63, 3.8) is 0 Å². The smallest absolute Gasteiger partial charge is 0.254 e. The van der Waals surface area contributed by atoms with Gasteiger partial charge in [0.05, 0.1) is 0 Å². The molecule has 1 aliphatic rings. The molecule has 1 aliphatic heterocycles. The average Bonchev–Trinajstić information content (AvgIpc) is 2.59. The summed E-state index contributed by atoms with van der Waals surface area (Å²) in [4.78, 5) is 14.3. The van der Waals surface area contributed by atoms with Gasteiger partial charge in [-0.2, -0.15) is 0 Å². The predicted molar refractivity (Wildman–Crippen MR) is 74.5 cm³/mol. The third-order valence-corrected chi connectivity index (χ3v) is 3.95. The Kier molecular flexibility index (Phi) is 4.08. The second-order valence-corrected chi connectivity index (χ2v) is 5.37. The summed E-state index contributed by atoms with van der Waals surface area (Å²) >= 11 is 0. The number of carbonyl (C=O) groups excluding carboxylic acids is 1. The van der Waals surface area contributed by atoms with E-state index in [9.17, 15) is 9.18 Å². The SMILES string of the molecule is Cc1c(N)cc(C(=O)N2CCCCCC2C)cc1F. The molecule has 4 heteroatoms. The molecule has 3 nitrogen and oxygen atoms in total. The number of halogens is 1. The Morgan fingerprint density at radius 3 is 2.79 bits per heavy atom. The third-order valence-electron chi connectivity index (χ3n) is 3.95. The van der Waals surface area contributed by atoms with E-state index in [1.807, 2.05) is 4.90 Å². The third kappa shape index (κ3) is 2.88. The number of carbonyl (C=O) groups is 1. The van der Waals surface area contributed by atoms with Crippen LogP contribution in [0.1, 0.15) is 48.5 Å². The fourth-order valence-corrected chi connectivity index (χ4v) is 2.57. The zero-order valence-corrected chi connectivity index (χ0v) is 11.6. The Morgan fingerprint density at radius 2 is 2.11 bits per heavy atom. The summed E-state index contributed by atoms with van der Waals surface area (Å²) in [6, 6.07) is 3.09. The molecule has 1 amide bonds. The van der Waals surface area contributed by atoms with E-state index >= 15 is 0 Å². The van der Waals surface area contributed by atoms with E-state index in [-0.39, 0.29) is 11.9 Å². The Labute approximate surface area is 113 Å².